The van der Waals surface area contributed by atoms with Gasteiger partial charge in [0, 0.05) is 0 Å². The van der Waals surface area contributed by atoms with Crippen LogP contribution < -0.4 is 9.47 Å². The van der Waals surface area contributed by atoms with Crippen LogP contribution in [0.1, 0.15) is 90.9 Å². The summed E-state index contributed by atoms with van der Waals surface area (Å²) in [6.45, 7) is 4.75. The number of hydrogen-bond donors (Lipinski definition) is 0. The van der Waals surface area contributed by atoms with Gasteiger partial charge in [-0.2, -0.15) is 0 Å². The van der Waals surface area contributed by atoms with E-state index in [2.05, 4.69) is 13.8 Å². The molecule has 8 aliphatic rings. The maximum atomic E-state index is 13.4. The molecule has 1 aromatic rings. The molecule has 8 aliphatic carbocycles. The highest BCUT2D eigenvalue weighted by atomic mass is 16.5. The number of esters is 2. The van der Waals surface area contributed by atoms with Gasteiger partial charge in [-0.1, -0.05) is 13.8 Å². The Kier molecular flexibility index (Phi) is 4.34. The second kappa shape index (κ2) is 6.89. The molecule has 182 valence electrons. The Morgan fingerprint density at radius 1 is 0.618 bits per heavy atom. The summed E-state index contributed by atoms with van der Waals surface area (Å²) in [6.07, 6.45) is 13.7. The van der Waals surface area contributed by atoms with Crippen LogP contribution in [0.15, 0.2) is 24.3 Å². The lowest BCUT2D eigenvalue weighted by atomic mass is 9.44. The number of ether oxygens (including phenoxy) is 2. The molecule has 0 aliphatic heterocycles. The number of carbonyl (C=O) groups is 2. The first-order valence-electron chi connectivity index (χ1n) is 13.7. The first-order chi connectivity index (χ1) is 16.1. The lowest BCUT2D eigenvalue weighted by molar-refractivity contribution is -0.170. The van der Waals surface area contributed by atoms with Crippen molar-refractivity contribution in [1.29, 1.82) is 0 Å². The van der Waals surface area contributed by atoms with Gasteiger partial charge in [-0.25, -0.2) is 0 Å². The standard InChI is InChI=1S/C30H38O4/c1-27-9-19-7-20(10-27)14-29(13-19,17-27)25(31)33-23-3-5-24(6-4-23)34-26(32)30-15-21-8-22(16-30)12-28(2,11-21)18-30/h3-6,19-22H,7-18H2,1-2H3. The summed E-state index contributed by atoms with van der Waals surface area (Å²) < 4.78 is 11.9. The van der Waals surface area contributed by atoms with Crippen molar-refractivity contribution in [3.63, 3.8) is 0 Å². The third kappa shape index (κ3) is 3.30. The molecule has 0 spiro atoms. The lowest BCUT2D eigenvalue weighted by Gasteiger charge is -2.59. The molecule has 8 bridgehead atoms. The SMILES string of the molecule is CC12CC3CC(C1)CC(C(=O)Oc1ccc(OC(=O)C45CC6CC(CC(C)(C6)C4)C5)cc1)(C3)C2. The largest absolute Gasteiger partial charge is 0.426 e. The lowest BCUT2D eigenvalue weighted by Crippen LogP contribution is -2.55. The molecular formula is C30H38O4. The quantitative estimate of drug-likeness (QED) is 0.369. The van der Waals surface area contributed by atoms with E-state index in [1.165, 1.54) is 38.5 Å². The first-order valence-corrected chi connectivity index (χ1v) is 13.7. The zero-order valence-corrected chi connectivity index (χ0v) is 20.7. The Morgan fingerprint density at radius 2 is 0.941 bits per heavy atom. The van der Waals surface area contributed by atoms with Crippen molar-refractivity contribution < 1.29 is 19.1 Å². The van der Waals surface area contributed by atoms with Gasteiger partial charge in [0.2, 0.25) is 0 Å². The highest BCUT2D eigenvalue weighted by molar-refractivity contribution is 5.81. The van der Waals surface area contributed by atoms with Crippen LogP contribution in [0, 0.1) is 45.3 Å². The second-order valence-electron chi connectivity index (χ2n) is 14.4. The molecule has 0 saturated heterocycles. The third-order valence-electron chi connectivity index (χ3n) is 10.8. The van der Waals surface area contributed by atoms with E-state index in [1.807, 2.05) is 0 Å². The van der Waals surface area contributed by atoms with Crippen molar-refractivity contribution in [2.45, 2.75) is 90.9 Å². The molecular weight excluding hydrogens is 424 g/mol. The van der Waals surface area contributed by atoms with Crippen molar-refractivity contribution in [2.24, 2.45) is 45.3 Å². The average Bonchev–Trinajstić information content (AvgIpc) is 2.71. The van der Waals surface area contributed by atoms with Crippen LogP contribution in [-0.2, 0) is 9.59 Å². The number of rotatable bonds is 4. The van der Waals surface area contributed by atoms with Gasteiger partial charge >= 0.3 is 11.9 Å². The van der Waals surface area contributed by atoms with Gasteiger partial charge in [0.1, 0.15) is 11.5 Å². The maximum absolute atomic E-state index is 13.4. The average molecular weight is 463 g/mol. The minimum atomic E-state index is -0.293. The van der Waals surface area contributed by atoms with Gasteiger partial charge in [-0.15, -0.1) is 0 Å². The van der Waals surface area contributed by atoms with Gasteiger partial charge in [-0.05, 0) is 136 Å². The van der Waals surface area contributed by atoms with Crippen LogP contribution in [0.4, 0.5) is 0 Å². The molecule has 4 atom stereocenters. The van der Waals surface area contributed by atoms with Gasteiger partial charge in [0.25, 0.3) is 0 Å². The van der Waals surface area contributed by atoms with Crippen LogP contribution in [0.5, 0.6) is 11.5 Å². The summed E-state index contributed by atoms with van der Waals surface area (Å²) in [5, 5.41) is 0. The van der Waals surface area contributed by atoms with Crippen LogP contribution in [0.2, 0.25) is 0 Å². The predicted molar refractivity (Wildman–Crippen MR) is 128 cm³/mol. The van der Waals surface area contributed by atoms with Gasteiger partial charge < -0.3 is 9.47 Å². The summed E-state index contributed by atoms with van der Waals surface area (Å²) in [7, 11) is 0. The minimum Gasteiger partial charge on any atom is -0.426 e. The topological polar surface area (TPSA) is 52.6 Å². The van der Waals surface area contributed by atoms with Gasteiger partial charge in [-0.3, -0.25) is 9.59 Å². The summed E-state index contributed by atoms with van der Waals surface area (Å²) in [5.41, 5.74) is 0.0438. The Bertz CT molecular complexity index is 927. The fourth-order valence-corrected chi connectivity index (χ4v) is 10.9. The smallest absolute Gasteiger partial charge is 0.317 e. The maximum Gasteiger partial charge on any atom is 0.317 e. The Morgan fingerprint density at radius 3 is 1.24 bits per heavy atom. The van der Waals surface area contributed by atoms with Crippen molar-refractivity contribution in [2.75, 3.05) is 0 Å². The molecule has 0 N–H and O–H groups in total. The van der Waals surface area contributed by atoms with Crippen LogP contribution >= 0.6 is 0 Å². The molecule has 4 unspecified atom stereocenters. The second-order valence-corrected chi connectivity index (χ2v) is 14.4. The van der Waals surface area contributed by atoms with E-state index in [0.717, 1.165) is 38.5 Å². The van der Waals surface area contributed by atoms with E-state index < -0.39 is 0 Å². The minimum absolute atomic E-state index is 0.0422. The fourth-order valence-electron chi connectivity index (χ4n) is 10.9. The van der Waals surface area contributed by atoms with Crippen LogP contribution in [0.25, 0.3) is 0 Å². The molecule has 8 fully saturated rings. The highest BCUT2D eigenvalue weighted by Crippen LogP contribution is 2.66. The molecule has 0 amide bonds. The summed E-state index contributed by atoms with van der Waals surface area (Å²) in [4.78, 5) is 26.7. The van der Waals surface area contributed by atoms with Gasteiger partial charge in [0.05, 0.1) is 10.8 Å². The molecule has 4 heteroatoms. The molecule has 9 rings (SSSR count). The first kappa shape index (κ1) is 21.4. The van der Waals surface area contributed by atoms with E-state index in [1.54, 1.807) is 24.3 Å². The van der Waals surface area contributed by atoms with Crippen molar-refractivity contribution >= 4 is 11.9 Å². The van der Waals surface area contributed by atoms with Gasteiger partial charge in [0.15, 0.2) is 0 Å². The Balaban J connectivity index is 1.03. The third-order valence-corrected chi connectivity index (χ3v) is 10.8. The van der Waals surface area contributed by atoms with E-state index >= 15 is 0 Å². The van der Waals surface area contributed by atoms with Crippen molar-refractivity contribution in [3.05, 3.63) is 24.3 Å². The predicted octanol–water partition coefficient (Wildman–Crippen LogP) is 6.71. The molecule has 0 heterocycles. The van der Waals surface area contributed by atoms with Crippen LogP contribution in [-0.4, -0.2) is 11.9 Å². The Hall–Kier alpha value is -1.84. The number of carbonyl (C=O) groups excluding carboxylic acids is 2. The Labute approximate surface area is 203 Å². The molecule has 0 radical (unpaired) electrons. The normalized spacial score (nSPS) is 47.6. The zero-order valence-electron chi connectivity index (χ0n) is 20.7. The zero-order chi connectivity index (χ0) is 23.3. The molecule has 34 heavy (non-hydrogen) atoms. The van der Waals surface area contributed by atoms with E-state index in [9.17, 15) is 9.59 Å². The van der Waals surface area contributed by atoms with Crippen molar-refractivity contribution in [1.82, 2.24) is 0 Å². The molecule has 8 saturated carbocycles. The summed E-state index contributed by atoms with van der Waals surface area (Å²) in [5.74, 6) is 3.79. The summed E-state index contributed by atoms with van der Waals surface area (Å²) in [6, 6.07) is 7.18. The van der Waals surface area contributed by atoms with Crippen molar-refractivity contribution in [3.8, 4) is 11.5 Å². The van der Waals surface area contributed by atoms with E-state index in [0.29, 0.717) is 46.0 Å². The monoisotopic (exact) mass is 462 g/mol. The highest BCUT2D eigenvalue weighted by Gasteiger charge is 2.61. The fraction of sp³-hybridized carbons (Fsp3) is 0.733. The van der Waals surface area contributed by atoms with Crippen LogP contribution in [0.3, 0.4) is 0 Å². The van der Waals surface area contributed by atoms with E-state index in [-0.39, 0.29) is 22.8 Å². The molecule has 1 aromatic carbocycles. The number of hydrogen-bond acceptors (Lipinski definition) is 4. The summed E-state index contributed by atoms with van der Waals surface area (Å²) >= 11 is 0. The number of benzene rings is 1. The molecule has 0 aromatic heterocycles. The molecule has 4 nitrogen and oxygen atoms in total. The van der Waals surface area contributed by atoms with E-state index in [4.69, 9.17) is 9.47 Å².